The average molecular weight is 251 g/mol. The van der Waals surface area contributed by atoms with E-state index in [2.05, 4.69) is 0 Å². The Hall–Kier alpha value is -1.24. The Labute approximate surface area is 93.8 Å². The topological polar surface area (TPSA) is 43.1 Å². The lowest BCUT2D eigenvalue weighted by molar-refractivity contribution is -0.387. The van der Waals surface area contributed by atoms with Crippen LogP contribution in [0.5, 0.6) is 0 Å². The van der Waals surface area contributed by atoms with Gasteiger partial charge in [-0.15, -0.1) is 11.8 Å². The van der Waals surface area contributed by atoms with Crippen LogP contribution >= 0.6 is 11.8 Å². The maximum atomic E-state index is 12.4. The summed E-state index contributed by atoms with van der Waals surface area (Å²) >= 11 is 1.02. The first-order valence-electron chi connectivity index (χ1n) is 4.34. The molecule has 0 saturated carbocycles. The molecule has 1 rings (SSSR count). The number of nitro benzene ring substituents is 1. The summed E-state index contributed by atoms with van der Waals surface area (Å²) < 4.78 is 37.1. The van der Waals surface area contributed by atoms with Gasteiger partial charge in [-0.3, -0.25) is 10.1 Å². The molecule has 3 nitrogen and oxygen atoms in total. The van der Waals surface area contributed by atoms with Crippen molar-refractivity contribution >= 4 is 17.4 Å². The summed E-state index contributed by atoms with van der Waals surface area (Å²) in [5.74, 6) is 0.474. The van der Waals surface area contributed by atoms with Crippen molar-refractivity contribution in [1.29, 1.82) is 0 Å². The van der Waals surface area contributed by atoms with E-state index in [4.69, 9.17) is 0 Å². The fourth-order valence-electron chi connectivity index (χ4n) is 1.11. The SMILES string of the molecule is CCSc1cc(C(F)(F)F)ccc1[N+](=O)[O-]. The van der Waals surface area contributed by atoms with Crippen molar-refractivity contribution in [3.63, 3.8) is 0 Å². The first-order chi connectivity index (χ1) is 7.36. The molecule has 7 heteroatoms. The summed E-state index contributed by atoms with van der Waals surface area (Å²) in [5, 5.41) is 10.6. The monoisotopic (exact) mass is 251 g/mol. The highest BCUT2D eigenvalue weighted by Crippen LogP contribution is 2.36. The van der Waals surface area contributed by atoms with Crippen molar-refractivity contribution in [2.45, 2.75) is 18.0 Å². The lowest BCUT2D eigenvalue weighted by Crippen LogP contribution is -2.05. The number of thioether (sulfide) groups is 1. The number of halogens is 3. The zero-order valence-electron chi connectivity index (χ0n) is 8.25. The lowest BCUT2D eigenvalue weighted by atomic mass is 10.2. The van der Waals surface area contributed by atoms with Crippen molar-refractivity contribution in [2.75, 3.05) is 5.75 Å². The van der Waals surface area contributed by atoms with E-state index in [9.17, 15) is 23.3 Å². The Balaban J connectivity index is 3.22. The van der Waals surface area contributed by atoms with E-state index in [0.29, 0.717) is 5.75 Å². The standard InChI is InChI=1S/C9H8F3NO2S/c1-2-16-8-5-6(9(10,11)12)3-4-7(8)13(14)15/h3-5H,2H2,1H3. The Morgan fingerprint density at radius 3 is 2.50 bits per heavy atom. The van der Waals surface area contributed by atoms with Gasteiger partial charge >= 0.3 is 6.18 Å². The molecule has 0 saturated heterocycles. The van der Waals surface area contributed by atoms with Crippen LogP contribution in [-0.2, 0) is 6.18 Å². The Morgan fingerprint density at radius 1 is 1.44 bits per heavy atom. The molecular weight excluding hydrogens is 243 g/mol. The minimum Gasteiger partial charge on any atom is -0.258 e. The molecule has 0 amide bonds. The largest absolute Gasteiger partial charge is 0.416 e. The number of alkyl halides is 3. The third-order valence-electron chi connectivity index (χ3n) is 1.78. The molecule has 0 aromatic heterocycles. The molecule has 0 spiro atoms. The van der Waals surface area contributed by atoms with Crippen molar-refractivity contribution in [2.24, 2.45) is 0 Å². The summed E-state index contributed by atoms with van der Waals surface area (Å²) in [6.07, 6.45) is -4.47. The first kappa shape index (κ1) is 12.8. The van der Waals surface area contributed by atoms with Crippen LogP contribution in [0, 0.1) is 10.1 Å². The van der Waals surface area contributed by atoms with Crippen LogP contribution in [0.1, 0.15) is 12.5 Å². The molecule has 16 heavy (non-hydrogen) atoms. The van der Waals surface area contributed by atoms with Gasteiger partial charge in [0.2, 0.25) is 0 Å². The zero-order chi connectivity index (χ0) is 12.3. The van der Waals surface area contributed by atoms with Gasteiger partial charge in [0.05, 0.1) is 15.4 Å². The smallest absolute Gasteiger partial charge is 0.258 e. The normalized spacial score (nSPS) is 11.5. The quantitative estimate of drug-likeness (QED) is 0.467. The van der Waals surface area contributed by atoms with Crippen molar-refractivity contribution in [1.82, 2.24) is 0 Å². The minimum atomic E-state index is -4.47. The molecule has 1 aromatic rings. The Morgan fingerprint density at radius 2 is 2.06 bits per heavy atom. The zero-order valence-corrected chi connectivity index (χ0v) is 9.06. The van der Waals surface area contributed by atoms with Gasteiger partial charge in [-0.2, -0.15) is 13.2 Å². The highest BCUT2D eigenvalue weighted by atomic mass is 32.2. The third-order valence-corrected chi connectivity index (χ3v) is 2.71. The Bertz CT molecular complexity index is 406. The summed E-state index contributed by atoms with van der Waals surface area (Å²) in [6.45, 7) is 1.72. The van der Waals surface area contributed by atoms with Gasteiger partial charge in [-0.1, -0.05) is 6.92 Å². The van der Waals surface area contributed by atoms with E-state index in [0.717, 1.165) is 30.0 Å². The summed E-state index contributed by atoms with van der Waals surface area (Å²) in [5.41, 5.74) is -1.16. The molecule has 0 radical (unpaired) electrons. The second-order valence-electron chi connectivity index (χ2n) is 2.87. The van der Waals surface area contributed by atoms with Crippen LogP contribution < -0.4 is 0 Å². The number of hydrogen-bond acceptors (Lipinski definition) is 3. The molecule has 0 heterocycles. The number of rotatable bonds is 3. The number of nitrogens with zero attached hydrogens (tertiary/aromatic N) is 1. The fraction of sp³-hybridized carbons (Fsp3) is 0.333. The van der Waals surface area contributed by atoms with Gasteiger partial charge < -0.3 is 0 Å². The molecule has 0 aliphatic rings. The maximum absolute atomic E-state index is 12.4. The van der Waals surface area contributed by atoms with Crippen LogP contribution in [-0.4, -0.2) is 10.7 Å². The van der Waals surface area contributed by atoms with Gasteiger partial charge in [0.15, 0.2) is 0 Å². The predicted molar refractivity (Wildman–Crippen MR) is 54.5 cm³/mol. The molecule has 0 N–H and O–H groups in total. The Kier molecular flexibility index (Phi) is 3.79. The van der Waals surface area contributed by atoms with Crippen molar-refractivity contribution in [3.8, 4) is 0 Å². The van der Waals surface area contributed by atoms with E-state index in [-0.39, 0.29) is 10.6 Å². The van der Waals surface area contributed by atoms with Gasteiger partial charge in [0.1, 0.15) is 0 Å². The van der Waals surface area contributed by atoms with Crippen LogP contribution in [0.3, 0.4) is 0 Å². The summed E-state index contributed by atoms with van der Waals surface area (Å²) in [7, 11) is 0. The third kappa shape index (κ3) is 2.88. The summed E-state index contributed by atoms with van der Waals surface area (Å²) in [6, 6.07) is 2.42. The van der Waals surface area contributed by atoms with Gasteiger partial charge in [0, 0.05) is 6.07 Å². The molecule has 0 unspecified atom stereocenters. The molecule has 0 aliphatic carbocycles. The fourth-order valence-corrected chi connectivity index (χ4v) is 1.92. The van der Waals surface area contributed by atoms with E-state index in [1.54, 1.807) is 6.92 Å². The maximum Gasteiger partial charge on any atom is 0.416 e. The second-order valence-corrected chi connectivity index (χ2v) is 4.18. The second kappa shape index (κ2) is 4.73. The van der Waals surface area contributed by atoms with Crippen LogP contribution in [0.4, 0.5) is 18.9 Å². The van der Waals surface area contributed by atoms with E-state index in [1.807, 2.05) is 0 Å². The molecule has 0 bridgehead atoms. The van der Waals surface area contributed by atoms with Crippen LogP contribution in [0.25, 0.3) is 0 Å². The van der Waals surface area contributed by atoms with Gasteiger partial charge in [-0.05, 0) is 17.9 Å². The molecule has 0 aliphatic heterocycles. The van der Waals surface area contributed by atoms with Crippen molar-refractivity contribution < 1.29 is 18.1 Å². The molecule has 1 aromatic carbocycles. The average Bonchev–Trinajstić information content (AvgIpc) is 2.16. The van der Waals surface area contributed by atoms with E-state index < -0.39 is 16.7 Å². The summed E-state index contributed by atoms with van der Waals surface area (Å²) in [4.78, 5) is 9.93. The van der Waals surface area contributed by atoms with E-state index in [1.165, 1.54) is 0 Å². The highest BCUT2D eigenvalue weighted by molar-refractivity contribution is 7.99. The molecule has 88 valence electrons. The van der Waals surface area contributed by atoms with Crippen molar-refractivity contribution in [3.05, 3.63) is 33.9 Å². The van der Waals surface area contributed by atoms with Gasteiger partial charge in [-0.25, -0.2) is 0 Å². The minimum absolute atomic E-state index is 0.0438. The van der Waals surface area contributed by atoms with Crippen LogP contribution in [0.2, 0.25) is 0 Å². The molecule has 0 atom stereocenters. The highest BCUT2D eigenvalue weighted by Gasteiger charge is 2.32. The number of nitro groups is 1. The predicted octanol–water partition coefficient (Wildman–Crippen LogP) is 3.73. The first-order valence-corrected chi connectivity index (χ1v) is 5.33. The lowest BCUT2D eigenvalue weighted by Gasteiger charge is -2.08. The van der Waals surface area contributed by atoms with Gasteiger partial charge in [0.25, 0.3) is 5.69 Å². The number of hydrogen-bond donors (Lipinski definition) is 0. The molecule has 0 fully saturated rings. The molecular formula is C9H8F3NO2S. The van der Waals surface area contributed by atoms with Crippen LogP contribution in [0.15, 0.2) is 23.1 Å². The number of benzene rings is 1. The van der Waals surface area contributed by atoms with E-state index >= 15 is 0 Å².